The molecule has 2 unspecified atom stereocenters. The van der Waals surface area contributed by atoms with Crippen LogP contribution in [0, 0.1) is 0 Å². The zero-order chi connectivity index (χ0) is 13.0. The van der Waals surface area contributed by atoms with Gasteiger partial charge in [-0.15, -0.1) is 0 Å². The Morgan fingerprint density at radius 2 is 2.12 bits per heavy atom. The zero-order valence-electron chi connectivity index (χ0n) is 10.0. The number of aliphatic hydroxyl groups excluding tert-OH is 1. The van der Waals surface area contributed by atoms with Crippen molar-refractivity contribution >= 4 is 21.8 Å². The first-order chi connectivity index (χ1) is 7.95. The molecule has 0 aliphatic rings. The minimum atomic E-state index is -0.600. The number of hydrogen-bond donors (Lipinski definition) is 2. The van der Waals surface area contributed by atoms with Gasteiger partial charge in [-0.05, 0) is 32.0 Å². The van der Waals surface area contributed by atoms with E-state index in [-0.39, 0.29) is 11.9 Å². The summed E-state index contributed by atoms with van der Waals surface area (Å²) in [5.41, 5.74) is 0.439. The standard InChI is InChI=1S/C12H16BrNO3/c1-7(8(2)15)14-12(16)10-6-9(13)4-5-11(10)17-3/h4-8,15H,1-3H3,(H,14,16). The third-order valence-corrected chi connectivity index (χ3v) is 2.98. The fraction of sp³-hybridized carbons (Fsp3) is 0.417. The smallest absolute Gasteiger partial charge is 0.255 e. The molecule has 1 aromatic rings. The number of halogens is 1. The third kappa shape index (κ3) is 3.71. The quantitative estimate of drug-likeness (QED) is 0.894. The first kappa shape index (κ1) is 14.0. The Kier molecular flexibility index (Phi) is 4.96. The molecule has 2 atom stereocenters. The van der Waals surface area contributed by atoms with E-state index in [4.69, 9.17) is 4.74 Å². The Balaban J connectivity index is 2.91. The summed E-state index contributed by atoms with van der Waals surface area (Å²) in [6.45, 7) is 3.37. The Morgan fingerprint density at radius 3 is 2.65 bits per heavy atom. The Labute approximate surface area is 109 Å². The summed E-state index contributed by atoms with van der Waals surface area (Å²) in [5, 5.41) is 12.1. The molecule has 1 rings (SSSR count). The van der Waals surface area contributed by atoms with Crippen LogP contribution in [-0.2, 0) is 0 Å². The number of hydrogen-bond acceptors (Lipinski definition) is 3. The fourth-order valence-electron chi connectivity index (χ4n) is 1.26. The van der Waals surface area contributed by atoms with E-state index < -0.39 is 6.10 Å². The van der Waals surface area contributed by atoms with Gasteiger partial charge < -0.3 is 15.2 Å². The van der Waals surface area contributed by atoms with E-state index in [9.17, 15) is 9.90 Å². The molecule has 1 amide bonds. The number of ether oxygens (including phenoxy) is 1. The highest BCUT2D eigenvalue weighted by Gasteiger charge is 2.17. The maximum atomic E-state index is 12.0. The largest absolute Gasteiger partial charge is 0.496 e. The van der Waals surface area contributed by atoms with Gasteiger partial charge in [-0.2, -0.15) is 0 Å². The summed E-state index contributed by atoms with van der Waals surface area (Å²) in [6.07, 6.45) is -0.600. The van der Waals surface area contributed by atoms with E-state index in [0.717, 1.165) is 4.47 Å². The van der Waals surface area contributed by atoms with Gasteiger partial charge in [0.15, 0.2) is 0 Å². The first-order valence-electron chi connectivity index (χ1n) is 5.28. The van der Waals surface area contributed by atoms with Gasteiger partial charge >= 0.3 is 0 Å². The molecule has 0 saturated carbocycles. The number of aliphatic hydroxyl groups is 1. The third-order valence-electron chi connectivity index (χ3n) is 2.49. The molecular weight excluding hydrogens is 286 g/mol. The molecule has 2 N–H and O–H groups in total. The maximum absolute atomic E-state index is 12.0. The lowest BCUT2D eigenvalue weighted by atomic mass is 10.1. The van der Waals surface area contributed by atoms with Crippen molar-refractivity contribution in [1.82, 2.24) is 5.32 Å². The van der Waals surface area contributed by atoms with Crippen LogP contribution in [0.25, 0.3) is 0 Å². The van der Waals surface area contributed by atoms with Gasteiger partial charge in [0.05, 0.1) is 24.8 Å². The SMILES string of the molecule is COc1ccc(Br)cc1C(=O)NC(C)C(C)O. The number of rotatable bonds is 4. The second kappa shape index (κ2) is 6.02. The Hall–Kier alpha value is -1.07. The van der Waals surface area contributed by atoms with Crippen LogP contribution in [0.5, 0.6) is 5.75 Å². The van der Waals surface area contributed by atoms with Gasteiger partial charge in [-0.25, -0.2) is 0 Å². The minimum absolute atomic E-state index is 0.267. The predicted molar refractivity (Wildman–Crippen MR) is 69.3 cm³/mol. The number of carbonyl (C=O) groups is 1. The van der Waals surface area contributed by atoms with Crippen LogP contribution in [0.3, 0.4) is 0 Å². The van der Waals surface area contributed by atoms with Crippen LogP contribution in [0.2, 0.25) is 0 Å². The molecule has 0 heterocycles. The van der Waals surface area contributed by atoms with E-state index in [0.29, 0.717) is 11.3 Å². The molecule has 0 saturated heterocycles. The van der Waals surface area contributed by atoms with Crippen LogP contribution < -0.4 is 10.1 Å². The molecule has 0 aromatic heterocycles. The van der Waals surface area contributed by atoms with Crippen molar-refractivity contribution in [2.75, 3.05) is 7.11 Å². The molecule has 0 spiro atoms. The Morgan fingerprint density at radius 1 is 1.47 bits per heavy atom. The van der Waals surface area contributed by atoms with Gasteiger partial charge in [0.25, 0.3) is 5.91 Å². The summed E-state index contributed by atoms with van der Waals surface area (Å²) in [7, 11) is 1.51. The molecule has 0 aliphatic carbocycles. The van der Waals surface area contributed by atoms with E-state index in [1.54, 1.807) is 32.0 Å². The van der Waals surface area contributed by atoms with Crippen molar-refractivity contribution in [3.8, 4) is 5.75 Å². The fourth-order valence-corrected chi connectivity index (χ4v) is 1.62. The summed E-state index contributed by atoms with van der Waals surface area (Å²) in [4.78, 5) is 12.0. The molecule has 94 valence electrons. The van der Waals surface area contributed by atoms with Crippen molar-refractivity contribution in [3.63, 3.8) is 0 Å². The number of amides is 1. The van der Waals surface area contributed by atoms with Gasteiger partial charge in [0, 0.05) is 4.47 Å². The van der Waals surface area contributed by atoms with Crippen molar-refractivity contribution in [2.45, 2.75) is 26.0 Å². The molecule has 5 heteroatoms. The van der Waals surface area contributed by atoms with Gasteiger partial charge in [0.1, 0.15) is 5.75 Å². The normalized spacial score (nSPS) is 13.9. The lowest BCUT2D eigenvalue weighted by Gasteiger charge is -2.17. The second-order valence-corrected chi connectivity index (χ2v) is 4.76. The zero-order valence-corrected chi connectivity index (χ0v) is 11.6. The van der Waals surface area contributed by atoms with E-state index in [1.165, 1.54) is 7.11 Å². The summed E-state index contributed by atoms with van der Waals surface area (Å²) < 4.78 is 5.92. The summed E-state index contributed by atoms with van der Waals surface area (Å²) in [5.74, 6) is 0.236. The molecule has 0 aliphatic heterocycles. The molecule has 0 radical (unpaired) electrons. The van der Waals surface area contributed by atoms with Crippen molar-refractivity contribution in [1.29, 1.82) is 0 Å². The monoisotopic (exact) mass is 301 g/mol. The molecule has 0 fully saturated rings. The average Bonchev–Trinajstić information content (AvgIpc) is 2.28. The second-order valence-electron chi connectivity index (χ2n) is 3.85. The maximum Gasteiger partial charge on any atom is 0.255 e. The van der Waals surface area contributed by atoms with Gasteiger partial charge in [0.2, 0.25) is 0 Å². The predicted octanol–water partition coefficient (Wildman–Crippen LogP) is 1.96. The lowest BCUT2D eigenvalue weighted by molar-refractivity contribution is 0.0871. The Bertz CT molecular complexity index is 407. The highest BCUT2D eigenvalue weighted by Crippen LogP contribution is 2.22. The number of benzene rings is 1. The first-order valence-corrected chi connectivity index (χ1v) is 6.07. The van der Waals surface area contributed by atoms with Crippen molar-refractivity contribution in [2.24, 2.45) is 0 Å². The molecule has 0 bridgehead atoms. The molecule has 17 heavy (non-hydrogen) atoms. The van der Waals surface area contributed by atoms with Gasteiger partial charge in [-0.1, -0.05) is 15.9 Å². The van der Waals surface area contributed by atoms with Crippen LogP contribution in [0.4, 0.5) is 0 Å². The van der Waals surface area contributed by atoms with Crippen LogP contribution in [0.15, 0.2) is 22.7 Å². The number of carbonyl (C=O) groups excluding carboxylic acids is 1. The van der Waals surface area contributed by atoms with Crippen LogP contribution >= 0.6 is 15.9 Å². The van der Waals surface area contributed by atoms with Crippen molar-refractivity contribution < 1.29 is 14.6 Å². The van der Waals surface area contributed by atoms with E-state index in [2.05, 4.69) is 21.2 Å². The lowest BCUT2D eigenvalue weighted by Crippen LogP contribution is -2.39. The highest BCUT2D eigenvalue weighted by atomic mass is 79.9. The van der Waals surface area contributed by atoms with Gasteiger partial charge in [-0.3, -0.25) is 4.79 Å². The average molecular weight is 302 g/mol. The summed E-state index contributed by atoms with van der Waals surface area (Å²) in [6, 6.07) is 4.88. The molecule has 4 nitrogen and oxygen atoms in total. The molecule has 1 aromatic carbocycles. The number of methoxy groups -OCH3 is 1. The van der Waals surface area contributed by atoms with Crippen LogP contribution in [0.1, 0.15) is 24.2 Å². The minimum Gasteiger partial charge on any atom is -0.496 e. The number of nitrogens with one attached hydrogen (secondary N) is 1. The summed E-state index contributed by atoms with van der Waals surface area (Å²) >= 11 is 3.30. The molecular formula is C12H16BrNO3. The highest BCUT2D eigenvalue weighted by molar-refractivity contribution is 9.10. The van der Waals surface area contributed by atoms with Crippen LogP contribution in [-0.4, -0.2) is 30.3 Å². The van der Waals surface area contributed by atoms with Crippen molar-refractivity contribution in [3.05, 3.63) is 28.2 Å². The van der Waals surface area contributed by atoms with E-state index >= 15 is 0 Å². The van der Waals surface area contributed by atoms with E-state index in [1.807, 2.05) is 0 Å². The topological polar surface area (TPSA) is 58.6 Å².